The molecule has 6 heteroatoms. The highest BCUT2D eigenvalue weighted by atomic mass is 79.9. The molecule has 0 aliphatic rings. The van der Waals surface area contributed by atoms with E-state index < -0.39 is 0 Å². The number of anilines is 1. The maximum atomic E-state index is 5.76. The zero-order chi connectivity index (χ0) is 11.8. The maximum absolute atomic E-state index is 5.76. The molecule has 0 spiro atoms. The summed E-state index contributed by atoms with van der Waals surface area (Å²) >= 11 is 3.41. The number of nitrogens with one attached hydrogen (secondary N) is 1. The van der Waals surface area contributed by atoms with Crippen molar-refractivity contribution in [2.75, 3.05) is 5.73 Å². The van der Waals surface area contributed by atoms with Crippen molar-refractivity contribution in [1.29, 1.82) is 0 Å². The lowest BCUT2D eigenvalue weighted by atomic mass is 10.3. The number of imidazole rings is 1. The van der Waals surface area contributed by atoms with E-state index in [-0.39, 0.29) is 0 Å². The zero-order valence-electron chi connectivity index (χ0n) is 8.68. The molecule has 0 fully saturated rings. The molecule has 0 amide bonds. The smallest absolute Gasteiger partial charge is 0.161 e. The van der Waals surface area contributed by atoms with Crippen molar-refractivity contribution in [3.05, 3.63) is 35.1 Å². The molecule has 3 rings (SSSR count). The molecule has 17 heavy (non-hydrogen) atoms. The van der Waals surface area contributed by atoms with Crippen molar-refractivity contribution in [2.45, 2.75) is 0 Å². The predicted octanol–water partition coefficient (Wildman–Crippen LogP) is 2.36. The van der Waals surface area contributed by atoms with Crippen molar-refractivity contribution in [3.63, 3.8) is 0 Å². The molecule has 0 aliphatic carbocycles. The molecular formula is C11H8BrN5. The third-order valence-corrected chi connectivity index (χ3v) is 2.89. The van der Waals surface area contributed by atoms with Crippen LogP contribution in [0.1, 0.15) is 0 Å². The number of hydrogen-bond donors (Lipinski definition) is 2. The van der Waals surface area contributed by atoms with Gasteiger partial charge in [-0.15, -0.1) is 0 Å². The molecule has 0 aliphatic heterocycles. The molecule has 1 aromatic carbocycles. The summed E-state index contributed by atoms with van der Waals surface area (Å²) in [5.41, 5.74) is 8.13. The Morgan fingerprint density at radius 3 is 2.82 bits per heavy atom. The second kappa shape index (κ2) is 3.81. The first-order valence-electron chi connectivity index (χ1n) is 4.96. The van der Waals surface area contributed by atoms with Crippen molar-refractivity contribution in [3.8, 4) is 11.5 Å². The van der Waals surface area contributed by atoms with Crippen LogP contribution in [0, 0.1) is 0 Å². The Hall–Kier alpha value is -1.95. The zero-order valence-corrected chi connectivity index (χ0v) is 10.3. The Morgan fingerprint density at radius 1 is 1.18 bits per heavy atom. The van der Waals surface area contributed by atoms with Gasteiger partial charge in [-0.1, -0.05) is 15.9 Å². The van der Waals surface area contributed by atoms with E-state index in [9.17, 15) is 0 Å². The monoisotopic (exact) mass is 289 g/mol. The quantitative estimate of drug-likeness (QED) is 0.721. The summed E-state index contributed by atoms with van der Waals surface area (Å²) in [6, 6.07) is 5.82. The van der Waals surface area contributed by atoms with Crippen LogP contribution in [0.3, 0.4) is 0 Å². The third-order valence-electron chi connectivity index (χ3n) is 2.39. The largest absolute Gasteiger partial charge is 0.382 e. The maximum Gasteiger partial charge on any atom is 0.161 e. The van der Waals surface area contributed by atoms with Gasteiger partial charge in [0.25, 0.3) is 0 Å². The van der Waals surface area contributed by atoms with E-state index in [0.717, 1.165) is 15.5 Å². The molecule has 3 N–H and O–H groups in total. The van der Waals surface area contributed by atoms with Crippen molar-refractivity contribution in [2.24, 2.45) is 0 Å². The number of nitrogen functional groups attached to an aromatic ring is 1. The van der Waals surface area contributed by atoms with Crippen LogP contribution in [0.5, 0.6) is 0 Å². The van der Waals surface area contributed by atoms with Gasteiger partial charge in [0, 0.05) is 16.9 Å². The molecule has 3 aromatic rings. The van der Waals surface area contributed by atoms with E-state index in [2.05, 4.69) is 35.9 Å². The molecular weight excluding hydrogens is 282 g/mol. The average molecular weight is 290 g/mol. The lowest BCUT2D eigenvalue weighted by Crippen LogP contribution is -1.96. The van der Waals surface area contributed by atoms with Crippen molar-refractivity contribution in [1.82, 2.24) is 19.9 Å². The summed E-state index contributed by atoms with van der Waals surface area (Å²) < 4.78 is 0.993. The van der Waals surface area contributed by atoms with E-state index in [0.29, 0.717) is 17.3 Å². The van der Waals surface area contributed by atoms with Crippen LogP contribution in [-0.4, -0.2) is 19.9 Å². The van der Waals surface area contributed by atoms with Crippen LogP contribution < -0.4 is 5.73 Å². The van der Waals surface area contributed by atoms with Crippen LogP contribution >= 0.6 is 15.9 Å². The highest BCUT2D eigenvalue weighted by Crippen LogP contribution is 2.23. The molecule has 0 atom stereocenters. The summed E-state index contributed by atoms with van der Waals surface area (Å²) in [5.74, 6) is 0.995. The van der Waals surface area contributed by atoms with Gasteiger partial charge in [0.2, 0.25) is 0 Å². The second-order valence-corrected chi connectivity index (χ2v) is 4.45. The summed E-state index contributed by atoms with van der Waals surface area (Å²) in [5, 5.41) is 0. The fourth-order valence-electron chi connectivity index (χ4n) is 1.63. The molecule has 0 unspecified atom stereocenters. The van der Waals surface area contributed by atoms with Crippen LogP contribution in [0.25, 0.3) is 22.6 Å². The number of benzene rings is 1. The van der Waals surface area contributed by atoms with Crippen LogP contribution in [-0.2, 0) is 0 Å². The normalized spacial score (nSPS) is 10.9. The Labute approximate surface area is 105 Å². The topological polar surface area (TPSA) is 80.5 Å². The van der Waals surface area contributed by atoms with Gasteiger partial charge in [-0.25, -0.2) is 15.0 Å². The third kappa shape index (κ3) is 1.76. The van der Waals surface area contributed by atoms with Crippen LogP contribution in [0.2, 0.25) is 0 Å². The molecule has 0 saturated heterocycles. The average Bonchev–Trinajstić information content (AvgIpc) is 2.72. The molecule has 0 radical (unpaired) electrons. The highest BCUT2D eigenvalue weighted by Gasteiger charge is 2.10. The number of halogens is 1. The summed E-state index contributed by atoms with van der Waals surface area (Å²) in [7, 11) is 0. The van der Waals surface area contributed by atoms with Gasteiger partial charge < -0.3 is 10.7 Å². The van der Waals surface area contributed by atoms with E-state index in [4.69, 9.17) is 5.73 Å². The SMILES string of the molecule is Nc1nccnc1-c1nc2ccc(Br)cc2[nH]1. The van der Waals surface area contributed by atoms with E-state index in [1.54, 1.807) is 12.4 Å². The molecule has 5 nitrogen and oxygen atoms in total. The lowest BCUT2D eigenvalue weighted by Gasteiger charge is -1.97. The number of rotatable bonds is 1. The van der Waals surface area contributed by atoms with Gasteiger partial charge in [0.1, 0.15) is 5.69 Å². The Morgan fingerprint density at radius 2 is 2.00 bits per heavy atom. The Kier molecular flexibility index (Phi) is 2.29. The number of hydrogen-bond acceptors (Lipinski definition) is 4. The first kappa shape index (κ1) is 10.2. The number of aromatic amines is 1. The number of nitrogens with two attached hydrogens (primary N) is 1. The van der Waals surface area contributed by atoms with Crippen LogP contribution in [0.15, 0.2) is 35.1 Å². The van der Waals surface area contributed by atoms with Crippen molar-refractivity contribution < 1.29 is 0 Å². The van der Waals surface area contributed by atoms with Gasteiger partial charge >= 0.3 is 0 Å². The number of fused-ring (bicyclic) bond motifs is 1. The van der Waals surface area contributed by atoms with Crippen LogP contribution in [0.4, 0.5) is 5.82 Å². The fourth-order valence-corrected chi connectivity index (χ4v) is 1.99. The second-order valence-electron chi connectivity index (χ2n) is 3.54. The highest BCUT2D eigenvalue weighted by molar-refractivity contribution is 9.10. The molecule has 0 bridgehead atoms. The van der Waals surface area contributed by atoms with Gasteiger partial charge in [-0.3, -0.25) is 0 Å². The molecule has 84 valence electrons. The van der Waals surface area contributed by atoms with Gasteiger partial charge in [0.05, 0.1) is 11.0 Å². The minimum atomic E-state index is 0.366. The Bertz CT molecular complexity index is 691. The lowest BCUT2D eigenvalue weighted by molar-refractivity contribution is 1.17. The van der Waals surface area contributed by atoms with E-state index in [1.807, 2.05) is 18.2 Å². The minimum absolute atomic E-state index is 0.366. The van der Waals surface area contributed by atoms with Gasteiger partial charge in [-0.2, -0.15) is 0 Å². The van der Waals surface area contributed by atoms with Crippen molar-refractivity contribution >= 4 is 32.8 Å². The van der Waals surface area contributed by atoms with E-state index in [1.165, 1.54) is 0 Å². The molecule has 2 heterocycles. The Balaban J connectivity index is 2.22. The molecule has 2 aromatic heterocycles. The van der Waals surface area contributed by atoms with E-state index >= 15 is 0 Å². The number of H-pyrrole nitrogens is 1. The summed E-state index contributed by atoms with van der Waals surface area (Å²) in [6.45, 7) is 0. The van der Waals surface area contributed by atoms with Gasteiger partial charge in [-0.05, 0) is 18.2 Å². The molecule has 0 saturated carbocycles. The summed E-state index contributed by atoms with van der Waals surface area (Å²) in [4.78, 5) is 15.8. The fraction of sp³-hybridized carbons (Fsp3) is 0. The summed E-state index contributed by atoms with van der Waals surface area (Å²) in [6.07, 6.45) is 3.15. The standard InChI is InChI=1S/C11H8BrN5/c12-6-1-2-7-8(5-6)17-11(16-7)9-10(13)15-4-3-14-9/h1-5H,(H2,13,15)(H,16,17). The predicted molar refractivity (Wildman–Crippen MR) is 69.2 cm³/mol. The van der Waals surface area contributed by atoms with Gasteiger partial charge in [0.15, 0.2) is 11.6 Å². The minimum Gasteiger partial charge on any atom is -0.382 e. The first-order valence-corrected chi connectivity index (χ1v) is 5.75. The number of aromatic nitrogens is 4. The number of nitrogens with zero attached hydrogens (tertiary/aromatic N) is 3. The first-order chi connectivity index (χ1) is 8.24.